The molecular weight excluding hydrogens is 284 g/mol. The van der Waals surface area contributed by atoms with E-state index < -0.39 is 11.6 Å². The third kappa shape index (κ3) is 4.65. The van der Waals surface area contributed by atoms with Gasteiger partial charge in [0.15, 0.2) is 0 Å². The van der Waals surface area contributed by atoms with Crippen molar-refractivity contribution >= 4 is 17.7 Å². The predicted octanol–water partition coefficient (Wildman–Crippen LogP) is 2.85. The number of amides is 1. The number of ether oxygens (including phenoxy) is 1. The summed E-state index contributed by atoms with van der Waals surface area (Å²) in [6.45, 7) is 5.50. The predicted molar refractivity (Wildman–Crippen MR) is 83.2 cm³/mol. The van der Waals surface area contributed by atoms with Crippen LogP contribution in [0.25, 0.3) is 0 Å². The van der Waals surface area contributed by atoms with Crippen molar-refractivity contribution in [1.82, 2.24) is 5.32 Å². The van der Waals surface area contributed by atoms with Crippen molar-refractivity contribution in [3.8, 4) is 0 Å². The molecule has 1 aromatic rings. The molecule has 6 nitrogen and oxygen atoms in total. The second-order valence-electron chi connectivity index (χ2n) is 6.54. The molecule has 1 aromatic carbocycles. The van der Waals surface area contributed by atoms with E-state index in [-0.39, 0.29) is 23.7 Å². The molecule has 2 rings (SSSR count). The standard InChI is InChI=1S/C16H22N2O4/c1-16(2,3)22-15(21)18-13-8-12(9-13)17-11-6-4-10(5-7-11)14(19)20/h4-7,12-13,17H,8-9H2,1-3H3,(H,18,21)(H,19,20). The molecule has 22 heavy (non-hydrogen) atoms. The molecule has 1 saturated carbocycles. The van der Waals surface area contributed by atoms with Crippen LogP contribution in [0.15, 0.2) is 24.3 Å². The number of carboxylic acid groups (broad SMARTS) is 1. The molecule has 0 heterocycles. The molecule has 0 unspecified atom stereocenters. The number of hydrogen-bond donors (Lipinski definition) is 3. The third-order valence-electron chi connectivity index (χ3n) is 3.36. The Balaban J connectivity index is 1.73. The molecule has 1 fully saturated rings. The third-order valence-corrected chi connectivity index (χ3v) is 3.36. The van der Waals surface area contributed by atoms with E-state index in [4.69, 9.17) is 9.84 Å². The minimum atomic E-state index is -0.934. The van der Waals surface area contributed by atoms with Crippen LogP contribution in [-0.2, 0) is 4.74 Å². The number of carbonyl (C=O) groups is 2. The zero-order valence-electron chi connectivity index (χ0n) is 13.1. The van der Waals surface area contributed by atoms with E-state index in [2.05, 4.69) is 10.6 Å². The van der Waals surface area contributed by atoms with Gasteiger partial charge in [0.25, 0.3) is 0 Å². The lowest BCUT2D eigenvalue weighted by atomic mass is 9.86. The molecular formula is C16H22N2O4. The number of benzene rings is 1. The fourth-order valence-corrected chi connectivity index (χ4v) is 2.27. The number of nitrogens with one attached hydrogen (secondary N) is 2. The second kappa shape index (κ2) is 6.25. The molecule has 0 atom stereocenters. The molecule has 1 amide bonds. The molecule has 3 N–H and O–H groups in total. The Bertz CT molecular complexity index is 542. The first-order valence-corrected chi connectivity index (χ1v) is 7.32. The monoisotopic (exact) mass is 306 g/mol. The number of hydrogen-bond acceptors (Lipinski definition) is 4. The first-order valence-electron chi connectivity index (χ1n) is 7.32. The van der Waals surface area contributed by atoms with Crippen LogP contribution in [0.1, 0.15) is 44.0 Å². The zero-order chi connectivity index (χ0) is 16.3. The molecule has 0 aliphatic heterocycles. The number of carboxylic acids is 1. The lowest BCUT2D eigenvalue weighted by Gasteiger charge is -2.37. The number of alkyl carbamates (subject to hydrolysis) is 1. The zero-order valence-corrected chi connectivity index (χ0v) is 13.1. The normalized spacial score (nSPS) is 20.7. The van der Waals surface area contributed by atoms with E-state index in [1.165, 1.54) is 0 Å². The van der Waals surface area contributed by atoms with E-state index in [0.29, 0.717) is 0 Å². The maximum absolute atomic E-state index is 11.6. The van der Waals surface area contributed by atoms with Crippen molar-refractivity contribution < 1.29 is 19.4 Å². The van der Waals surface area contributed by atoms with Gasteiger partial charge in [0.05, 0.1) is 5.56 Å². The van der Waals surface area contributed by atoms with Gasteiger partial charge in [-0.25, -0.2) is 9.59 Å². The number of aromatic carboxylic acids is 1. The highest BCUT2D eigenvalue weighted by molar-refractivity contribution is 5.88. The van der Waals surface area contributed by atoms with Gasteiger partial charge in [-0.1, -0.05) is 0 Å². The van der Waals surface area contributed by atoms with Crippen LogP contribution >= 0.6 is 0 Å². The Morgan fingerprint density at radius 1 is 1.14 bits per heavy atom. The van der Waals surface area contributed by atoms with Crippen LogP contribution in [0, 0.1) is 0 Å². The highest BCUT2D eigenvalue weighted by Gasteiger charge is 2.31. The molecule has 0 spiro atoms. The topological polar surface area (TPSA) is 87.7 Å². The number of rotatable bonds is 4. The van der Waals surface area contributed by atoms with Gasteiger partial charge in [0.2, 0.25) is 0 Å². The number of anilines is 1. The second-order valence-corrected chi connectivity index (χ2v) is 6.54. The van der Waals surface area contributed by atoms with Crippen LogP contribution in [0.4, 0.5) is 10.5 Å². The molecule has 120 valence electrons. The first kappa shape index (κ1) is 16.1. The quantitative estimate of drug-likeness (QED) is 0.796. The van der Waals surface area contributed by atoms with Gasteiger partial charge in [0, 0.05) is 17.8 Å². The van der Waals surface area contributed by atoms with Gasteiger partial charge in [-0.3, -0.25) is 0 Å². The van der Waals surface area contributed by atoms with Crippen molar-refractivity contribution in [2.24, 2.45) is 0 Å². The minimum absolute atomic E-state index is 0.116. The van der Waals surface area contributed by atoms with Crippen molar-refractivity contribution in [1.29, 1.82) is 0 Å². The van der Waals surface area contributed by atoms with E-state index in [0.717, 1.165) is 18.5 Å². The van der Waals surface area contributed by atoms with Crippen molar-refractivity contribution in [2.45, 2.75) is 51.3 Å². The van der Waals surface area contributed by atoms with Crippen LogP contribution in [-0.4, -0.2) is 34.9 Å². The molecule has 0 bridgehead atoms. The van der Waals surface area contributed by atoms with Crippen molar-refractivity contribution in [2.75, 3.05) is 5.32 Å². The van der Waals surface area contributed by atoms with Crippen LogP contribution < -0.4 is 10.6 Å². The first-order chi connectivity index (χ1) is 10.2. The summed E-state index contributed by atoms with van der Waals surface area (Å²) in [5.41, 5.74) is 0.659. The van der Waals surface area contributed by atoms with Gasteiger partial charge in [0.1, 0.15) is 5.60 Å². The molecule has 0 radical (unpaired) electrons. The summed E-state index contributed by atoms with van der Waals surface area (Å²) in [7, 11) is 0. The fourth-order valence-electron chi connectivity index (χ4n) is 2.27. The summed E-state index contributed by atoms with van der Waals surface area (Å²) in [6, 6.07) is 7.02. The van der Waals surface area contributed by atoms with Crippen LogP contribution in [0.5, 0.6) is 0 Å². The average Bonchev–Trinajstić information content (AvgIpc) is 2.34. The van der Waals surface area contributed by atoms with E-state index >= 15 is 0 Å². The van der Waals surface area contributed by atoms with Gasteiger partial charge in [-0.15, -0.1) is 0 Å². The highest BCUT2D eigenvalue weighted by atomic mass is 16.6. The van der Waals surface area contributed by atoms with E-state index in [1.54, 1.807) is 24.3 Å². The Hall–Kier alpha value is -2.24. The molecule has 0 aromatic heterocycles. The summed E-state index contributed by atoms with van der Waals surface area (Å²) < 4.78 is 5.21. The number of carbonyl (C=O) groups excluding carboxylic acids is 1. The average molecular weight is 306 g/mol. The fraction of sp³-hybridized carbons (Fsp3) is 0.500. The van der Waals surface area contributed by atoms with Crippen LogP contribution in [0.2, 0.25) is 0 Å². The summed E-state index contributed by atoms with van der Waals surface area (Å²) >= 11 is 0. The van der Waals surface area contributed by atoms with E-state index in [9.17, 15) is 9.59 Å². The Kier molecular flexibility index (Phi) is 4.59. The highest BCUT2D eigenvalue weighted by Crippen LogP contribution is 2.25. The maximum atomic E-state index is 11.6. The van der Waals surface area contributed by atoms with Crippen molar-refractivity contribution in [3.63, 3.8) is 0 Å². The SMILES string of the molecule is CC(C)(C)OC(=O)NC1CC(Nc2ccc(C(=O)O)cc2)C1. The van der Waals surface area contributed by atoms with Gasteiger partial charge in [-0.2, -0.15) is 0 Å². The van der Waals surface area contributed by atoms with Gasteiger partial charge in [-0.05, 0) is 57.9 Å². The Labute approximate surface area is 129 Å². The van der Waals surface area contributed by atoms with Gasteiger partial charge < -0.3 is 20.5 Å². The Morgan fingerprint density at radius 2 is 1.73 bits per heavy atom. The summed E-state index contributed by atoms with van der Waals surface area (Å²) in [5, 5.41) is 15.0. The van der Waals surface area contributed by atoms with E-state index in [1.807, 2.05) is 20.8 Å². The molecule has 0 saturated heterocycles. The smallest absolute Gasteiger partial charge is 0.407 e. The lowest BCUT2D eigenvalue weighted by molar-refractivity contribution is 0.0475. The van der Waals surface area contributed by atoms with Gasteiger partial charge >= 0.3 is 12.1 Å². The van der Waals surface area contributed by atoms with Crippen LogP contribution in [0.3, 0.4) is 0 Å². The summed E-state index contributed by atoms with van der Waals surface area (Å²) in [4.78, 5) is 22.4. The summed E-state index contributed by atoms with van der Waals surface area (Å²) in [5.74, 6) is -0.934. The summed E-state index contributed by atoms with van der Waals surface area (Å²) in [6.07, 6.45) is 1.25. The minimum Gasteiger partial charge on any atom is -0.478 e. The molecule has 1 aliphatic carbocycles. The Morgan fingerprint density at radius 3 is 2.23 bits per heavy atom. The molecule has 1 aliphatic rings. The molecule has 6 heteroatoms. The van der Waals surface area contributed by atoms with Crippen molar-refractivity contribution in [3.05, 3.63) is 29.8 Å². The lowest BCUT2D eigenvalue weighted by Crippen LogP contribution is -2.50. The maximum Gasteiger partial charge on any atom is 0.407 e. The largest absolute Gasteiger partial charge is 0.478 e.